The molecule has 118 valence electrons. The lowest BCUT2D eigenvalue weighted by Gasteiger charge is -2.22. The molecule has 6 nitrogen and oxygen atoms in total. The van der Waals surface area contributed by atoms with Crippen LogP contribution in [0.1, 0.15) is 18.9 Å². The van der Waals surface area contributed by atoms with Gasteiger partial charge in [-0.05, 0) is 30.5 Å². The van der Waals surface area contributed by atoms with Gasteiger partial charge in [0.15, 0.2) is 5.13 Å². The molecular weight excluding hydrogens is 302 g/mol. The van der Waals surface area contributed by atoms with E-state index >= 15 is 0 Å². The highest BCUT2D eigenvalue weighted by Crippen LogP contribution is 2.26. The van der Waals surface area contributed by atoms with E-state index in [1.165, 1.54) is 16.9 Å². The van der Waals surface area contributed by atoms with Gasteiger partial charge in [-0.25, -0.2) is 9.78 Å². The molecule has 0 bridgehead atoms. The van der Waals surface area contributed by atoms with Crippen molar-refractivity contribution in [1.82, 2.24) is 10.3 Å². The number of carbonyl (C=O) groups is 1. The Hall–Kier alpha value is -1.70. The van der Waals surface area contributed by atoms with E-state index < -0.39 is 0 Å². The Morgan fingerprint density at radius 3 is 3.18 bits per heavy atom. The molecule has 2 heterocycles. The minimum Gasteiger partial charge on any atom is -0.355 e. The van der Waals surface area contributed by atoms with Gasteiger partial charge in [0.25, 0.3) is 0 Å². The van der Waals surface area contributed by atoms with Crippen LogP contribution in [0.3, 0.4) is 0 Å². The standard InChI is InChI=1S/C15H19N3O3S/c1-2-10-3-4-12-13(7-10)22-15(17-12)18-14(19)16-8-11-5-6-20-9-21-11/h3-4,7,11H,2,5-6,8-9H2,1H3,(H2,16,17,18,19). The molecule has 1 atom stereocenters. The van der Waals surface area contributed by atoms with Crippen LogP contribution < -0.4 is 10.6 Å². The van der Waals surface area contributed by atoms with Gasteiger partial charge in [0.05, 0.1) is 22.9 Å². The largest absolute Gasteiger partial charge is 0.355 e. The average Bonchev–Trinajstić information content (AvgIpc) is 2.95. The van der Waals surface area contributed by atoms with Gasteiger partial charge in [0.1, 0.15) is 6.79 Å². The van der Waals surface area contributed by atoms with E-state index in [2.05, 4.69) is 34.7 Å². The van der Waals surface area contributed by atoms with Crippen LogP contribution in [0.5, 0.6) is 0 Å². The third-order valence-corrected chi connectivity index (χ3v) is 4.48. The number of ether oxygens (including phenoxy) is 2. The maximum Gasteiger partial charge on any atom is 0.321 e. The molecule has 2 aromatic rings. The van der Waals surface area contributed by atoms with Crippen LogP contribution in [0.25, 0.3) is 10.2 Å². The van der Waals surface area contributed by atoms with Crippen LogP contribution in [-0.2, 0) is 15.9 Å². The number of hydrogen-bond acceptors (Lipinski definition) is 5. The fourth-order valence-corrected chi connectivity index (χ4v) is 3.18. The van der Waals surface area contributed by atoms with Crippen molar-refractivity contribution < 1.29 is 14.3 Å². The van der Waals surface area contributed by atoms with Gasteiger partial charge in [-0.2, -0.15) is 0 Å². The summed E-state index contributed by atoms with van der Waals surface area (Å²) in [5.41, 5.74) is 2.18. The molecule has 7 heteroatoms. The highest BCUT2D eigenvalue weighted by atomic mass is 32.1. The van der Waals surface area contributed by atoms with Gasteiger partial charge in [0.2, 0.25) is 0 Å². The molecule has 0 aliphatic carbocycles. The van der Waals surface area contributed by atoms with E-state index in [1.807, 2.05) is 6.07 Å². The van der Waals surface area contributed by atoms with Crippen LogP contribution in [0.4, 0.5) is 9.93 Å². The second-order valence-electron chi connectivity index (χ2n) is 5.11. The summed E-state index contributed by atoms with van der Waals surface area (Å²) < 4.78 is 11.6. The SMILES string of the molecule is CCc1ccc2nc(NC(=O)NCC3CCOCO3)sc2c1. The number of fused-ring (bicyclic) bond motifs is 1. The number of anilines is 1. The molecule has 2 N–H and O–H groups in total. The molecule has 1 unspecified atom stereocenters. The number of hydrogen-bond donors (Lipinski definition) is 2. The van der Waals surface area contributed by atoms with Crippen LogP contribution in [0.2, 0.25) is 0 Å². The molecule has 1 aliphatic rings. The molecule has 0 spiro atoms. The summed E-state index contributed by atoms with van der Waals surface area (Å²) in [5, 5.41) is 6.19. The quantitative estimate of drug-likeness (QED) is 0.908. The lowest BCUT2D eigenvalue weighted by atomic mass is 10.2. The predicted molar refractivity (Wildman–Crippen MR) is 86.3 cm³/mol. The minimum atomic E-state index is -0.259. The van der Waals surface area contributed by atoms with Gasteiger partial charge in [-0.15, -0.1) is 0 Å². The highest BCUT2D eigenvalue weighted by molar-refractivity contribution is 7.22. The fraction of sp³-hybridized carbons (Fsp3) is 0.467. The summed E-state index contributed by atoms with van der Waals surface area (Å²) in [4.78, 5) is 16.3. The molecule has 1 aromatic heterocycles. The Morgan fingerprint density at radius 1 is 1.50 bits per heavy atom. The average molecular weight is 321 g/mol. The maximum absolute atomic E-state index is 11.9. The Morgan fingerprint density at radius 2 is 2.41 bits per heavy atom. The highest BCUT2D eigenvalue weighted by Gasteiger charge is 2.15. The van der Waals surface area contributed by atoms with E-state index in [4.69, 9.17) is 9.47 Å². The van der Waals surface area contributed by atoms with Gasteiger partial charge < -0.3 is 14.8 Å². The summed E-state index contributed by atoms with van der Waals surface area (Å²) in [6, 6.07) is 5.91. The number of aromatic nitrogens is 1. The second kappa shape index (κ2) is 7.04. The van der Waals surface area contributed by atoms with Gasteiger partial charge in [-0.3, -0.25) is 5.32 Å². The molecule has 3 rings (SSSR count). The van der Waals surface area contributed by atoms with Crippen LogP contribution >= 0.6 is 11.3 Å². The number of nitrogens with zero attached hydrogens (tertiary/aromatic N) is 1. The molecular formula is C15H19N3O3S. The van der Waals surface area contributed by atoms with E-state index in [0.717, 1.165) is 23.1 Å². The number of carbonyl (C=O) groups excluding carboxylic acids is 1. The monoisotopic (exact) mass is 321 g/mol. The van der Waals surface area contributed by atoms with Crippen LogP contribution in [0, 0.1) is 0 Å². The smallest absolute Gasteiger partial charge is 0.321 e. The number of thiazole rings is 1. The van der Waals surface area contributed by atoms with E-state index in [9.17, 15) is 4.79 Å². The predicted octanol–water partition coefficient (Wildman–Crippen LogP) is 2.74. The second-order valence-corrected chi connectivity index (χ2v) is 6.14. The first-order valence-electron chi connectivity index (χ1n) is 7.38. The van der Waals surface area contributed by atoms with Crippen molar-refractivity contribution in [2.75, 3.05) is 25.3 Å². The summed E-state index contributed by atoms with van der Waals surface area (Å²) in [6.45, 7) is 3.56. The first-order chi connectivity index (χ1) is 10.7. The van der Waals surface area contributed by atoms with Crippen LogP contribution in [0.15, 0.2) is 18.2 Å². The number of nitrogens with one attached hydrogen (secondary N) is 2. The third-order valence-electron chi connectivity index (χ3n) is 3.54. The zero-order chi connectivity index (χ0) is 15.4. The third kappa shape index (κ3) is 3.73. The summed E-state index contributed by atoms with van der Waals surface area (Å²) in [7, 11) is 0. The Bertz CT molecular complexity index is 653. The number of urea groups is 1. The first-order valence-corrected chi connectivity index (χ1v) is 8.20. The lowest BCUT2D eigenvalue weighted by molar-refractivity contribution is -0.136. The molecule has 1 fully saturated rings. The number of rotatable bonds is 4. The maximum atomic E-state index is 11.9. The van der Waals surface area contributed by atoms with Crippen molar-refractivity contribution >= 4 is 32.7 Å². The molecule has 2 amide bonds. The van der Waals surface area contributed by atoms with Crippen molar-refractivity contribution in [3.05, 3.63) is 23.8 Å². The minimum absolute atomic E-state index is 0.0157. The number of aryl methyl sites for hydroxylation is 1. The normalized spacial score (nSPS) is 18.3. The zero-order valence-electron chi connectivity index (χ0n) is 12.4. The van der Waals surface area contributed by atoms with Gasteiger partial charge in [0, 0.05) is 6.54 Å². The lowest BCUT2D eigenvalue weighted by Crippen LogP contribution is -2.38. The first kappa shape index (κ1) is 15.2. The number of benzene rings is 1. The number of amides is 2. The molecule has 1 saturated heterocycles. The molecule has 22 heavy (non-hydrogen) atoms. The van der Waals surface area contributed by atoms with Crippen molar-refractivity contribution in [1.29, 1.82) is 0 Å². The molecule has 1 aromatic carbocycles. The molecule has 0 radical (unpaired) electrons. The van der Waals surface area contributed by atoms with E-state index in [1.54, 1.807) is 0 Å². The topological polar surface area (TPSA) is 72.5 Å². The Balaban J connectivity index is 1.56. The van der Waals surface area contributed by atoms with Crippen molar-refractivity contribution in [2.24, 2.45) is 0 Å². The molecule has 0 saturated carbocycles. The van der Waals surface area contributed by atoms with Crippen LogP contribution in [-0.4, -0.2) is 37.1 Å². The van der Waals surface area contributed by atoms with Gasteiger partial charge in [-0.1, -0.05) is 24.3 Å². The Kier molecular flexibility index (Phi) is 4.87. The Labute approximate surface area is 132 Å². The summed E-state index contributed by atoms with van der Waals surface area (Å²) in [6.07, 6.45) is 1.80. The summed E-state index contributed by atoms with van der Waals surface area (Å²) in [5.74, 6) is 0. The summed E-state index contributed by atoms with van der Waals surface area (Å²) >= 11 is 1.48. The van der Waals surface area contributed by atoms with Gasteiger partial charge >= 0.3 is 6.03 Å². The van der Waals surface area contributed by atoms with E-state index in [0.29, 0.717) is 25.1 Å². The van der Waals surface area contributed by atoms with Crippen molar-refractivity contribution in [3.8, 4) is 0 Å². The fourth-order valence-electron chi connectivity index (χ4n) is 2.25. The zero-order valence-corrected chi connectivity index (χ0v) is 13.2. The van der Waals surface area contributed by atoms with Crippen molar-refractivity contribution in [2.45, 2.75) is 25.9 Å². The van der Waals surface area contributed by atoms with Crippen molar-refractivity contribution in [3.63, 3.8) is 0 Å². The van der Waals surface area contributed by atoms with E-state index in [-0.39, 0.29) is 12.1 Å². The molecule has 1 aliphatic heterocycles.